The molecule has 3 saturated carbocycles. The van der Waals surface area contributed by atoms with Crippen molar-refractivity contribution in [2.24, 2.45) is 57.2 Å². The third-order valence-electron chi connectivity index (χ3n) is 14.2. The standard InChI is InChI=1S/C36H52N2O5/c1-20(2)19-43-31(42)38-29-23(18-37-38)17-33(6)26(36(29,9)30(40)41)11-13-35(8)28(33)25(39)16-24-27-22(4)21(3)10-12-32(27,5)14-15-34(24,35)7/h16,18,20-22,26-28H,10-15,17,19H2,1-9H3,(H,40,41)/t21-,22+,26-,27+,28-,32-,33+,34-,35-,36-/m1/s1. The van der Waals surface area contributed by atoms with Gasteiger partial charge in [0, 0.05) is 5.92 Å². The van der Waals surface area contributed by atoms with Gasteiger partial charge in [0.1, 0.15) is 5.41 Å². The van der Waals surface area contributed by atoms with Gasteiger partial charge in [0.2, 0.25) is 0 Å². The monoisotopic (exact) mass is 592 g/mol. The molecule has 7 nitrogen and oxygen atoms in total. The fourth-order valence-electron chi connectivity index (χ4n) is 11.6. The molecule has 5 aliphatic carbocycles. The predicted molar refractivity (Wildman–Crippen MR) is 165 cm³/mol. The van der Waals surface area contributed by atoms with Crippen LogP contribution >= 0.6 is 0 Å². The number of rotatable bonds is 3. The highest BCUT2D eigenvalue weighted by molar-refractivity contribution is 5.96. The van der Waals surface area contributed by atoms with Gasteiger partial charge in [0.15, 0.2) is 5.78 Å². The molecule has 10 atom stereocenters. The molecule has 1 aromatic rings. The molecule has 43 heavy (non-hydrogen) atoms. The molecule has 6 rings (SSSR count). The van der Waals surface area contributed by atoms with Gasteiger partial charge in [0.25, 0.3) is 0 Å². The van der Waals surface area contributed by atoms with E-state index in [1.54, 1.807) is 13.1 Å². The molecular formula is C36H52N2O5. The van der Waals surface area contributed by atoms with Crippen LogP contribution < -0.4 is 0 Å². The second-order valence-electron chi connectivity index (χ2n) is 16.9. The fourth-order valence-corrected chi connectivity index (χ4v) is 11.6. The van der Waals surface area contributed by atoms with Gasteiger partial charge in [-0.1, -0.05) is 61.0 Å². The zero-order valence-corrected chi connectivity index (χ0v) is 27.8. The molecule has 0 bridgehead atoms. The molecule has 3 fully saturated rings. The van der Waals surface area contributed by atoms with Crippen LogP contribution in [-0.2, 0) is 26.2 Å². The van der Waals surface area contributed by atoms with Crippen LogP contribution in [0.25, 0.3) is 0 Å². The van der Waals surface area contributed by atoms with E-state index in [-0.39, 0.29) is 46.4 Å². The smallest absolute Gasteiger partial charge is 0.434 e. The number of ether oxygens (including phenoxy) is 1. The van der Waals surface area contributed by atoms with Crippen LogP contribution in [-0.4, -0.2) is 39.3 Å². The van der Waals surface area contributed by atoms with E-state index in [2.05, 4.69) is 52.7 Å². The number of carbonyl (C=O) groups is 3. The molecule has 236 valence electrons. The van der Waals surface area contributed by atoms with Crippen molar-refractivity contribution in [3.8, 4) is 0 Å². The minimum atomic E-state index is -1.39. The second kappa shape index (κ2) is 9.53. The molecule has 7 heteroatoms. The van der Waals surface area contributed by atoms with E-state index in [9.17, 15) is 19.5 Å². The number of fused-ring (bicyclic) bond motifs is 8. The summed E-state index contributed by atoms with van der Waals surface area (Å²) in [4.78, 5) is 41.2. The first-order valence-corrected chi connectivity index (χ1v) is 16.7. The summed E-state index contributed by atoms with van der Waals surface area (Å²) in [6.45, 7) is 20.1. The Bertz CT molecular complexity index is 1410. The highest BCUT2D eigenvalue weighted by Crippen LogP contribution is 2.74. The van der Waals surface area contributed by atoms with Crippen LogP contribution in [0.3, 0.4) is 0 Å². The number of carboxylic acid groups (broad SMARTS) is 1. The molecule has 0 radical (unpaired) electrons. The first kappa shape index (κ1) is 30.6. The largest absolute Gasteiger partial charge is 0.481 e. The van der Waals surface area contributed by atoms with E-state index in [1.807, 2.05) is 13.8 Å². The number of ketones is 1. The van der Waals surface area contributed by atoms with Crippen molar-refractivity contribution in [2.75, 3.05) is 6.61 Å². The highest BCUT2D eigenvalue weighted by Gasteiger charge is 2.72. The van der Waals surface area contributed by atoms with E-state index < -0.39 is 22.9 Å². The summed E-state index contributed by atoms with van der Waals surface area (Å²) in [6, 6.07) is 0. The second-order valence-corrected chi connectivity index (χ2v) is 16.9. The van der Waals surface area contributed by atoms with Crippen LogP contribution in [0.1, 0.15) is 112 Å². The summed E-state index contributed by atoms with van der Waals surface area (Å²) < 4.78 is 6.70. The zero-order valence-electron chi connectivity index (χ0n) is 27.8. The molecular weight excluding hydrogens is 540 g/mol. The Morgan fingerprint density at radius 2 is 1.77 bits per heavy atom. The molecule has 5 aliphatic rings. The maximum absolute atomic E-state index is 14.7. The summed E-state index contributed by atoms with van der Waals surface area (Å²) in [7, 11) is 0. The highest BCUT2D eigenvalue weighted by atomic mass is 16.6. The van der Waals surface area contributed by atoms with E-state index >= 15 is 0 Å². The lowest BCUT2D eigenvalue weighted by molar-refractivity contribution is -0.181. The van der Waals surface area contributed by atoms with E-state index in [1.165, 1.54) is 29.5 Å². The lowest BCUT2D eigenvalue weighted by Gasteiger charge is -2.70. The Morgan fingerprint density at radius 1 is 1.07 bits per heavy atom. The number of allylic oxidation sites excluding steroid dienone is 2. The van der Waals surface area contributed by atoms with Crippen molar-refractivity contribution in [1.82, 2.24) is 9.78 Å². The van der Waals surface area contributed by atoms with Crippen LogP contribution in [0.15, 0.2) is 17.8 Å². The summed E-state index contributed by atoms with van der Waals surface area (Å²) >= 11 is 0. The van der Waals surface area contributed by atoms with Crippen LogP contribution in [0, 0.1) is 57.2 Å². The topological polar surface area (TPSA) is 98.5 Å². The molecule has 0 aliphatic heterocycles. The number of aromatic nitrogens is 2. The van der Waals surface area contributed by atoms with Crippen LogP contribution in [0.4, 0.5) is 4.79 Å². The summed E-state index contributed by atoms with van der Waals surface area (Å²) in [5, 5.41) is 15.3. The Hall–Kier alpha value is -2.44. The first-order chi connectivity index (χ1) is 20.0. The molecule has 0 unspecified atom stereocenters. The van der Waals surface area contributed by atoms with Crippen LogP contribution in [0.5, 0.6) is 0 Å². The molecule has 1 N–H and O–H groups in total. The van der Waals surface area contributed by atoms with E-state index in [0.29, 0.717) is 36.3 Å². The number of hydrogen-bond donors (Lipinski definition) is 1. The summed E-state index contributed by atoms with van der Waals surface area (Å²) in [5.74, 6) is 0.268. The zero-order chi connectivity index (χ0) is 31.5. The van der Waals surface area contributed by atoms with Crippen molar-refractivity contribution < 1.29 is 24.2 Å². The molecule has 0 saturated heterocycles. The van der Waals surface area contributed by atoms with Crippen molar-refractivity contribution in [2.45, 2.75) is 113 Å². The average Bonchev–Trinajstić information content (AvgIpc) is 3.34. The molecule has 1 aromatic heterocycles. The third-order valence-corrected chi connectivity index (χ3v) is 14.2. The quantitative estimate of drug-likeness (QED) is 0.391. The van der Waals surface area contributed by atoms with Gasteiger partial charge in [-0.2, -0.15) is 9.78 Å². The maximum Gasteiger partial charge on any atom is 0.434 e. The molecule has 0 spiro atoms. The summed E-state index contributed by atoms with van der Waals surface area (Å²) in [5.41, 5.74) is 0.366. The Morgan fingerprint density at radius 3 is 2.42 bits per heavy atom. The van der Waals surface area contributed by atoms with E-state index in [0.717, 1.165) is 18.4 Å². The van der Waals surface area contributed by atoms with Crippen molar-refractivity contribution >= 4 is 17.8 Å². The van der Waals surface area contributed by atoms with Gasteiger partial charge in [0.05, 0.1) is 18.5 Å². The predicted octanol–water partition coefficient (Wildman–Crippen LogP) is 7.46. The van der Waals surface area contributed by atoms with Crippen molar-refractivity contribution in [3.05, 3.63) is 29.1 Å². The minimum Gasteiger partial charge on any atom is -0.481 e. The fraction of sp³-hybridized carbons (Fsp3) is 0.778. The third kappa shape index (κ3) is 3.84. The number of hydrogen-bond acceptors (Lipinski definition) is 5. The van der Waals surface area contributed by atoms with Crippen molar-refractivity contribution in [3.63, 3.8) is 0 Å². The summed E-state index contributed by atoms with van der Waals surface area (Å²) in [6.07, 6.45) is 9.75. The minimum absolute atomic E-state index is 0.125. The van der Waals surface area contributed by atoms with E-state index in [4.69, 9.17) is 4.74 Å². The molecule has 1 heterocycles. The van der Waals surface area contributed by atoms with Gasteiger partial charge in [-0.05, 0) is 115 Å². The number of nitrogens with zero attached hydrogens (tertiary/aromatic N) is 2. The van der Waals surface area contributed by atoms with Gasteiger partial charge < -0.3 is 9.84 Å². The molecule has 0 aromatic carbocycles. The van der Waals surface area contributed by atoms with Gasteiger partial charge >= 0.3 is 12.1 Å². The Kier molecular flexibility index (Phi) is 6.78. The first-order valence-electron chi connectivity index (χ1n) is 16.7. The normalized spacial score (nSPS) is 45.2. The Balaban J connectivity index is 1.48. The maximum atomic E-state index is 14.7. The average molecular weight is 593 g/mol. The Labute approximate surface area is 257 Å². The number of carbonyl (C=O) groups excluding carboxylic acids is 2. The lowest BCUT2D eigenvalue weighted by atomic mass is 9.33. The van der Waals surface area contributed by atoms with Crippen molar-refractivity contribution in [1.29, 1.82) is 0 Å². The van der Waals surface area contributed by atoms with Gasteiger partial charge in [-0.25, -0.2) is 4.79 Å². The van der Waals surface area contributed by atoms with Crippen LogP contribution in [0.2, 0.25) is 0 Å². The number of aliphatic carboxylic acids is 1. The molecule has 0 amide bonds. The van der Waals surface area contributed by atoms with Gasteiger partial charge in [-0.15, -0.1) is 0 Å². The number of carboxylic acids is 1. The van der Waals surface area contributed by atoms with Gasteiger partial charge in [-0.3, -0.25) is 9.59 Å². The lowest BCUT2D eigenvalue weighted by Crippen LogP contribution is -2.67. The SMILES string of the molecule is CC(C)COC(=O)n1ncc2c1[C@](C)(C(=O)O)[C@@H]1CC[C@]3(C)[C@H](C(=O)C=C4[C@@H]5[C@@H](C)[C@H](C)CC[C@]5(C)CC[C@]43C)[C@@]1(C)C2.